The molecule has 1 spiro atoms. The summed E-state index contributed by atoms with van der Waals surface area (Å²) >= 11 is 2.62. The summed E-state index contributed by atoms with van der Waals surface area (Å²) in [5, 5.41) is 5.67. The highest BCUT2D eigenvalue weighted by molar-refractivity contribution is 7.99. The average molecular weight is 545 g/mol. The Morgan fingerprint density at radius 1 is 1.16 bits per heavy atom. The molecule has 38 heavy (non-hydrogen) atoms. The Balaban J connectivity index is 1.51. The smallest absolute Gasteiger partial charge is 0.263 e. The highest BCUT2D eigenvalue weighted by Gasteiger charge is 2.43. The van der Waals surface area contributed by atoms with E-state index in [9.17, 15) is 9.59 Å². The van der Waals surface area contributed by atoms with E-state index in [4.69, 9.17) is 9.72 Å². The molecule has 194 valence electrons. The second-order valence-electron chi connectivity index (χ2n) is 9.81. The van der Waals surface area contributed by atoms with E-state index in [0.29, 0.717) is 21.7 Å². The number of benzene rings is 2. The van der Waals surface area contributed by atoms with Crippen LogP contribution in [0.2, 0.25) is 0 Å². The van der Waals surface area contributed by atoms with Gasteiger partial charge in [0.2, 0.25) is 5.91 Å². The van der Waals surface area contributed by atoms with Gasteiger partial charge in [-0.05, 0) is 37.0 Å². The lowest BCUT2D eigenvalue weighted by Crippen LogP contribution is -2.43. The number of nitrogens with zero attached hydrogens (tertiary/aromatic N) is 3. The predicted molar refractivity (Wildman–Crippen MR) is 152 cm³/mol. The van der Waals surface area contributed by atoms with Crippen molar-refractivity contribution < 1.29 is 9.53 Å². The van der Waals surface area contributed by atoms with Crippen molar-refractivity contribution in [2.24, 2.45) is 0 Å². The molecule has 2 aromatic heterocycles. The number of rotatable bonds is 6. The van der Waals surface area contributed by atoms with Crippen LogP contribution in [0, 0.1) is 0 Å². The zero-order valence-electron chi connectivity index (χ0n) is 21.1. The Morgan fingerprint density at radius 2 is 2.00 bits per heavy atom. The molecule has 0 saturated heterocycles. The van der Waals surface area contributed by atoms with Crippen LogP contribution >= 0.6 is 23.1 Å². The van der Waals surface area contributed by atoms with E-state index < -0.39 is 0 Å². The van der Waals surface area contributed by atoms with Gasteiger partial charge in [0.1, 0.15) is 5.75 Å². The third-order valence-corrected chi connectivity index (χ3v) is 9.14. The van der Waals surface area contributed by atoms with Gasteiger partial charge in [-0.15, -0.1) is 11.3 Å². The van der Waals surface area contributed by atoms with Crippen molar-refractivity contribution in [3.8, 4) is 22.7 Å². The Hall–Kier alpha value is -3.43. The Bertz CT molecular complexity index is 1540. The van der Waals surface area contributed by atoms with Crippen LogP contribution in [-0.4, -0.2) is 33.3 Å². The third kappa shape index (κ3) is 4.54. The number of amides is 1. The molecule has 7 nitrogen and oxygen atoms in total. The van der Waals surface area contributed by atoms with E-state index in [1.165, 1.54) is 35.1 Å². The lowest BCUT2D eigenvalue weighted by atomic mass is 9.62. The Kier molecular flexibility index (Phi) is 6.80. The van der Waals surface area contributed by atoms with E-state index in [1.54, 1.807) is 17.9 Å². The van der Waals surface area contributed by atoms with Gasteiger partial charge in [-0.3, -0.25) is 14.2 Å². The molecule has 0 atom stereocenters. The number of methoxy groups -OCH3 is 1. The number of carbonyl (C=O) groups is 1. The number of hydrogen-bond donors (Lipinski definition) is 1. The van der Waals surface area contributed by atoms with Gasteiger partial charge >= 0.3 is 0 Å². The van der Waals surface area contributed by atoms with Crippen molar-refractivity contribution in [2.45, 2.75) is 49.1 Å². The lowest BCUT2D eigenvalue weighted by Gasteiger charge is -2.42. The fourth-order valence-electron chi connectivity index (χ4n) is 5.83. The molecule has 2 aromatic carbocycles. The molecule has 4 aromatic rings. The molecular formula is C29H28N4O3S2. The topological polar surface area (TPSA) is 86.1 Å². The van der Waals surface area contributed by atoms with Gasteiger partial charge in [0.25, 0.3) is 5.56 Å². The maximum Gasteiger partial charge on any atom is 0.263 e. The average Bonchev–Trinajstić information content (AvgIpc) is 3.45. The molecule has 1 saturated carbocycles. The fourth-order valence-corrected chi connectivity index (χ4v) is 7.18. The standard InChI is InChI=1S/C29H28N4O3S2/c1-36-21-10-7-9-20(16-21)33-26(35)24-25(32-28(33)38-18-23(34)31-27-30-14-15-37-27)22-11-4-3-8-19(22)17-29(24)12-5-2-6-13-29/h3-4,7-11,14-16H,2,5-6,12-13,17-18H2,1H3,(H,30,31,34). The van der Waals surface area contributed by atoms with Gasteiger partial charge in [0, 0.05) is 28.6 Å². The van der Waals surface area contributed by atoms with Crippen molar-refractivity contribution in [3.63, 3.8) is 0 Å². The van der Waals surface area contributed by atoms with Gasteiger partial charge in [-0.25, -0.2) is 9.97 Å². The first kappa shape index (κ1) is 24.9. The second kappa shape index (κ2) is 10.4. The largest absolute Gasteiger partial charge is 0.497 e. The monoisotopic (exact) mass is 544 g/mol. The van der Waals surface area contributed by atoms with Gasteiger partial charge in [0.05, 0.1) is 29.8 Å². The number of nitrogens with one attached hydrogen (secondary N) is 1. The molecule has 0 bridgehead atoms. The second-order valence-corrected chi connectivity index (χ2v) is 11.6. The van der Waals surface area contributed by atoms with Gasteiger partial charge in [-0.2, -0.15) is 0 Å². The van der Waals surface area contributed by atoms with Crippen molar-refractivity contribution >= 4 is 34.1 Å². The van der Waals surface area contributed by atoms with Gasteiger partial charge in [-0.1, -0.05) is 61.4 Å². The number of thioether (sulfide) groups is 1. The first-order valence-corrected chi connectivity index (χ1v) is 14.7. The summed E-state index contributed by atoms with van der Waals surface area (Å²) in [6.45, 7) is 0. The van der Waals surface area contributed by atoms with E-state index in [0.717, 1.165) is 48.9 Å². The first-order chi connectivity index (χ1) is 18.6. The molecule has 2 aliphatic rings. The van der Waals surface area contributed by atoms with E-state index in [-0.39, 0.29) is 22.6 Å². The molecule has 2 aliphatic carbocycles. The summed E-state index contributed by atoms with van der Waals surface area (Å²) < 4.78 is 7.14. The SMILES string of the molecule is COc1cccc(-n2c(SCC(=O)Nc3nccs3)nc3c(c2=O)C2(CCCCC2)Cc2ccccc2-3)c1. The van der Waals surface area contributed by atoms with Crippen LogP contribution in [0.5, 0.6) is 5.75 Å². The van der Waals surface area contributed by atoms with Crippen LogP contribution in [0.3, 0.4) is 0 Å². The summed E-state index contributed by atoms with van der Waals surface area (Å²) in [6.07, 6.45) is 7.86. The molecule has 1 amide bonds. The summed E-state index contributed by atoms with van der Waals surface area (Å²) in [7, 11) is 1.61. The van der Waals surface area contributed by atoms with Crippen LogP contribution < -0.4 is 15.6 Å². The molecule has 9 heteroatoms. The molecule has 6 rings (SSSR count). The Morgan fingerprint density at radius 3 is 2.79 bits per heavy atom. The van der Waals surface area contributed by atoms with E-state index in [1.807, 2.05) is 35.7 Å². The summed E-state index contributed by atoms with van der Waals surface area (Å²) in [6, 6.07) is 15.8. The number of thiazole rings is 1. The fraction of sp³-hybridized carbons (Fsp3) is 0.310. The first-order valence-electron chi connectivity index (χ1n) is 12.8. The third-order valence-electron chi connectivity index (χ3n) is 7.52. The summed E-state index contributed by atoms with van der Waals surface area (Å²) in [4.78, 5) is 36.6. The minimum absolute atomic E-state index is 0.0533. The molecule has 1 N–H and O–H groups in total. The number of hydrogen-bond acceptors (Lipinski definition) is 7. The molecule has 0 radical (unpaired) electrons. The highest BCUT2D eigenvalue weighted by atomic mass is 32.2. The quantitative estimate of drug-likeness (QED) is 0.242. The number of fused-ring (bicyclic) bond motifs is 4. The molecule has 0 aliphatic heterocycles. The van der Waals surface area contributed by atoms with Crippen molar-refractivity contribution in [1.29, 1.82) is 0 Å². The lowest BCUT2D eigenvalue weighted by molar-refractivity contribution is -0.113. The molecule has 0 unspecified atom stereocenters. The van der Waals surface area contributed by atoms with Crippen LogP contribution in [0.15, 0.2) is 70.1 Å². The van der Waals surface area contributed by atoms with Crippen LogP contribution in [0.1, 0.15) is 43.2 Å². The minimum Gasteiger partial charge on any atom is -0.497 e. The number of carbonyl (C=O) groups excluding carboxylic acids is 1. The Labute approximate surface area is 229 Å². The van der Waals surface area contributed by atoms with E-state index in [2.05, 4.69) is 28.5 Å². The highest BCUT2D eigenvalue weighted by Crippen LogP contribution is 2.49. The number of ether oxygens (including phenoxy) is 1. The maximum atomic E-state index is 14.6. The molecule has 2 heterocycles. The predicted octanol–water partition coefficient (Wildman–Crippen LogP) is 5.85. The summed E-state index contributed by atoms with van der Waals surface area (Å²) in [5.41, 5.74) is 4.24. The number of aromatic nitrogens is 3. The van der Waals surface area contributed by atoms with Gasteiger partial charge in [0.15, 0.2) is 10.3 Å². The van der Waals surface area contributed by atoms with Crippen LogP contribution in [0.4, 0.5) is 5.13 Å². The van der Waals surface area contributed by atoms with Crippen molar-refractivity contribution in [3.05, 3.63) is 81.6 Å². The normalized spacial score (nSPS) is 15.5. The van der Waals surface area contributed by atoms with Crippen molar-refractivity contribution in [1.82, 2.24) is 14.5 Å². The zero-order chi connectivity index (χ0) is 26.1. The zero-order valence-corrected chi connectivity index (χ0v) is 22.7. The van der Waals surface area contributed by atoms with Gasteiger partial charge < -0.3 is 10.1 Å². The van der Waals surface area contributed by atoms with Crippen LogP contribution in [0.25, 0.3) is 16.9 Å². The molecule has 1 fully saturated rings. The van der Waals surface area contributed by atoms with Crippen molar-refractivity contribution in [2.75, 3.05) is 18.2 Å². The van der Waals surface area contributed by atoms with E-state index >= 15 is 0 Å². The molecular weight excluding hydrogens is 516 g/mol. The minimum atomic E-state index is -0.224. The van der Waals surface area contributed by atoms with Crippen LogP contribution in [-0.2, 0) is 16.6 Å². The maximum absolute atomic E-state index is 14.6. The summed E-state index contributed by atoms with van der Waals surface area (Å²) in [5.74, 6) is 0.558. The number of anilines is 1.